The highest BCUT2D eigenvalue weighted by Gasteiger charge is 2.17. The van der Waals surface area contributed by atoms with Crippen LogP contribution in [0.5, 0.6) is 0 Å². The molecule has 0 saturated carbocycles. The summed E-state index contributed by atoms with van der Waals surface area (Å²) in [5.41, 5.74) is 1.25. The lowest BCUT2D eigenvalue weighted by molar-refractivity contribution is 0.520. The number of furan rings is 1. The fourth-order valence-electron chi connectivity index (χ4n) is 1.83. The molecule has 0 N–H and O–H groups in total. The third-order valence-electron chi connectivity index (χ3n) is 2.65. The standard InChI is InChI=1S/C13H8Br2OS/c14-10-4-1-3-8-9(7-17-13(8)10)12(15)11-5-2-6-16-11/h1-7,12H. The molecule has 2 heterocycles. The molecule has 3 rings (SSSR count). The third kappa shape index (κ3) is 1.98. The minimum Gasteiger partial charge on any atom is -0.468 e. The van der Waals surface area contributed by atoms with E-state index in [1.165, 1.54) is 15.6 Å². The SMILES string of the molecule is Brc1cccc2c(C(Br)c3ccco3)csc12. The molecule has 17 heavy (non-hydrogen) atoms. The Morgan fingerprint density at radius 1 is 1.18 bits per heavy atom. The number of alkyl halides is 1. The summed E-state index contributed by atoms with van der Waals surface area (Å²) >= 11 is 9.02. The Bertz CT molecular complexity index is 643. The van der Waals surface area contributed by atoms with Crippen molar-refractivity contribution in [1.29, 1.82) is 0 Å². The minimum absolute atomic E-state index is 0.112. The third-order valence-corrected chi connectivity index (χ3v) is 5.56. The van der Waals surface area contributed by atoms with Gasteiger partial charge in [-0.2, -0.15) is 0 Å². The first kappa shape index (κ1) is 11.5. The molecule has 0 fully saturated rings. The highest BCUT2D eigenvalue weighted by atomic mass is 79.9. The summed E-state index contributed by atoms with van der Waals surface area (Å²) in [5.74, 6) is 0.935. The molecule has 0 aliphatic rings. The molecule has 1 aromatic carbocycles. The summed E-state index contributed by atoms with van der Waals surface area (Å²) in [4.78, 5) is 0.112. The molecule has 0 aliphatic heterocycles. The first-order chi connectivity index (χ1) is 8.27. The van der Waals surface area contributed by atoms with E-state index in [1.54, 1.807) is 17.6 Å². The van der Waals surface area contributed by atoms with Gasteiger partial charge in [0.25, 0.3) is 0 Å². The van der Waals surface area contributed by atoms with Crippen LogP contribution in [0.15, 0.2) is 50.9 Å². The van der Waals surface area contributed by atoms with Gasteiger partial charge < -0.3 is 4.42 Å². The summed E-state index contributed by atoms with van der Waals surface area (Å²) in [7, 11) is 0. The van der Waals surface area contributed by atoms with Gasteiger partial charge in [-0.25, -0.2) is 0 Å². The highest BCUT2D eigenvalue weighted by molar-refractivity contribution is 9.10. The van der Waals surface area contributed by atoms with E-state index in [0.717, 1.165) is 10.2 Å². The van der Waals surface area contributed by atoms with Crippen LogP contribution < -0.4 is 0 Å². The molecular formula is C13H8Br2OS. The van der Waals surface area contributed by atoms with Crippen LogP contribution in [-0.4, -0.2) is 0 Å². The van der Waals surface area contributed by atoms with Crippen LogP contribution >= 0.6 is 43.2 Å². The number of fused-ring (bicyclic) bond motifs is 1. The Labute approximate surface area is 120 Å². The Morgan fingerprint density at radius 2 is 2.06 bits per heavy atom. The normalized spacial score (nSPS) is 13.1. The van der Waals surface area contributed by atoms with Gasteiger partial charge in [-0.1, -0.05) is 28.1 Å². The van der Waals surface area contributed by atoms with E-state index < -0.39 is 0 Å². The van der Waals surface area contributed by atoms with E-state index >= 15 is 0 Å². The van der Waals surface area contributed by atoms with E-state index in [1.807, 2.05) is 12.1 Å². The average Bonchev–Trinajstić information content (AvgIpc) is 2.98. The second kappa shape index (κ2) is 4.59. The van der Waals surface area contributed by atoms with Crippen LogP contribution in [0, 0.1) is 0 Å². The fraction of sp³-hybridized carbons (Fsp3) is 0.0769. The van der Waals surface area contributed by atoms with Gasteiger partial charge in [0.05, 0.1) is 11.1 Å². The van der Waals surface area contributed by atoms with Crippen molar-refractivity contribution in [3.63, 3.8) is 0 Å². The molecule has 86 valence electrons. The second-order valence-electron chi connectivity index (χ2n) is 3.69. The van der Waals surface area contributed by atoms with Gasteiger partial charge in [0.15, 0.2) is 0 Å². The van der Waals surface area contributed by atoms with Crippen LogP contribution in [0.1, 0.15) is 16.2 Å². The molecule has 2 aromatic heterocycles. The number of hydrogen-bond donors (Lipinski definition) is 0. The Hall–Kier alpha value is -0.580. The minimum atomic E-state index is 0.112. The van der Waals surface area contributed by atoms with Gasteiger partial charge in [0.2, 0.25) is 0 Å². The van der Waals surface area contributed by atoms with Crippen LogP contribution in [0.3, 0.4) is 0 Å². The number of benzene rings is 1. The summed E-state index contributed by atoms with van der Waals surface area (Å²) in [6.07, 6.45) is 1.70. The van der Waals surface area contributed by atoms with Gasteiger partial charge in [-0.3, -0.25) is 0 Å². The van der Waals surface area contributed by atoms with Crippen molar-refractivity contribution in [3.8, 4) is 0 Å². The van der Waals surface area contributed by atoms with Crippen LogP contribution in [0.4, 0.5) is 0 Å². The van der Waals surface area contributed by atoms with Crippen molar-refractivity contribution in [2.24, 2.45) is 0 Å². The molecule has 1 unspecified atom stereocenters. The van der Waals surface area contributed by atoms with E-state index in [9.17, 15) is 0 Å². The zero-order chi connectivity index (χ0) is 11.8. The number of halogens is 2. The maximum atomic E-state index is 5.44. The van der Waals surface area contributed by atoms with Crippen molar-refractivity contribution >= 4 is 53.3 Å². The zero-order valence-electron chi connectivity index (χ0n) is 8.69. The van der Waals surface area contributed by atoms with E-state index in [0.29, 0.717) is 0 Å². The smallest absolute Gasteiger partial charge is 0.121 e. The molecule has 0 aliphatic carbocycles. The summed E-state index contributed by atoms with van der Waals surface area (Å²) in [6, 6.07) is 10.2. The summed E-state index contributed by atoms with van der Waals surface area (Å²) < 4.78 is 7.86. The number of rotatable bonds is 2. The monoisotopic (exact) mass is 370 g/mol. The quantitative estimate of drug-likeness (QED) is 0.523. The Kier molecular flexibility index (Phi) is 3.11. The van der Waals surface area contributed by atoms with Gasteiger partial charge in [-0.15, -0.1) is 11.3 Å². The predicted octanol–water partition coefficient (Wildman–Crippen LogP) is 5.74. The molecular weight excluding hydrogens is 364 g/mol. The molecule has 0 saturated heterocycles. The maximum Gasteiger partial charge on any atom is 0.121 e. The lowest BCUT2D eigenvalue weighted by Gasteiger charge is -2.05. The van der Waals surface area contributed by atoms with Gasteiger partial charge in [0, 0.05) is 9.17 Å². The molecule has 0 bridgehead atoms. The Morgan fingerprint density at radius 3 is 2.82 bits per heavy atom. The maximum absolute atomic E-state index is 5.44. The molecule has 4 heteroatoms. The average molecular weight is 372 g/mol. The molecule has 0 spiro atoms. The lowest BCUT2D eigenvalue weighted by Crippen LogP contribution is -1.88. The van der Waals surface area contributed by atoms with Crippen molar-refractivity contribution in [3.05, 3.63) is 57.8 Å². The molecule has 1 nitrogen and oxygen atoms in total. The second-order valence-corrected chi connectivity index (χ2v) is 6.34. The zero-order valence-corrected chi connectivity index (χ0v) is 12.7. The van der Waals surface area contributed by atoms with Crippen LogP contribution in [-0.2, 0) is 0 Å². The van der Waals surface area contributed by atoms with E-state index in [-0.39, 0.29) is 4.83 Å². The highest BCUT2D eigenvalue weighted by Crippen LogP contribution is 2.40. The predicted molar refractivity (Wildman–Crippen MR) is 79.0 cm³/mol. The fourth-order valence-corrected chi connectivity index (χ4v) is 4.29. The van der Waals surface area contributed by atoms with Crippen molar-refractivity contribution < 1.29 is 4.42 Å². The molecule has 1 atom stereocenters. The lowest BCUT2D eigenvalue weighted by atomic mass is 10.1. The largest absolute Gasteiger partial charge is 0.468 e. The van der Waals surface area contributed by atoms with E-state index in [2.05, 4.69) is 55.4 Å². The summed E-state index contributed by atoms with van der Waals surface area (Å²) in [6.45, 7) is 0. The van der Waals surface area contributed by atoms with E-state index in [4.69, 9.17) is 4.42 Å². The first-order valence-electron chi connectivity index (χ1n) is 5.10. The van der Waals surface area contributed by atoms with Crippen LogP contribution in [0.2, 0.25) is 0 Å². The van der Waals surface area contributed by atoms with Gasteiger partial charge in [-0.05, 0) is 50.5 Å². The first-order valence-corrected chi connectivity index (χ1v) is 7.69. The van der Waals surface area contributed by atoms with Gasteiger partial charge >= 0.3 is 0 Å². The summed E-state index contributed by atoms with van der Waals surface area (Å²) in [5, 5.41) is 3.44. The van der Waals surface area contributed by atoms with Crippen molar-refractivity contribution in [2.75, 3.05) is 0 Å². The Balaban J connectivity index is 2.15. The molecule has 3 aromatic rings. The number of hydrogen-bond acceptors (Lipinski definition) is 2. The number of thiophene rings is 1. The van der Waals surface area contributed by atoms with Crippen LogP contribution in [0.25, 0.3) is 10.1 Å². The molecule has 0 amide bonds. The topological polar surface area (TPSA) is 13.1 Å². The molecule has 0 radical (unpaired) electrons. The van der Waals surface area contributed by atoms with Gasteiger partial charge in [0.1, 0.15) is 5.76 Å². The van der Waals surface area contributed by atoms with Crippen molar-refractivity contribution in [1.82, 2.24) is 0 Å². The van der Waals surface area contributed by atoms with Crippen molar-refractivity contribution in [2.45, 2.75) is 4.83 Å².